The lowest BCUT2D eigenvalue weighted by molar-refractivity contribution is 0.0455. The Morgan fingerprint density at radius 1 is 1.30 bits per heavy atom. The molecule has 23 heavy (non-hydrogen) atoms. The molecule has 2 rings (SSSR count). The summed E-state index contributed by atoms with van der Waals surface area (Å²) in [6.45, 7) is 12.9. The first-order valence-electron chi connectivity index (χ1n) is 8.89. The standard InChI is InChI=1S/C16H32NO3PS2/c1-5-19-21(22,23-17-8-10-18-11-9-17)20-16-12-14(4)6-7-15(16)13(2)3/h13-16H,5-12H2,1-4H3/t14-,15+,16-,21?/m1/s1. The number of rotatable bonds is 7. The molecule has 0 amide bonds. The van der Waals surface area contributed by atoms with E-state index in [4.69, 9.17) is 25.6 Å². The zero-order valence-corrected chi connectivity index (χ0v) is 17.4. The zero-order valence-electron chi connectivity index (χ0n) is 14.9. The molecule has 4 nitrogen and oxygen atoms in total. The Morgan fingerprint density at radius 2 is 2.00 bits per heavy atom. The summed E-state index contributed by atoms with van der Waals surface area (Å²) in [5, 5.41) is 0. The van der Waals surface area contributed by atoms with E-state index in [2.05, 4.69) is 25.1 Å². The number of morpholine rings is 1. The van der Waals surface area contributed by atoms with E-state index in [0.29, 0.717) is 24.4 Å². The van der Waals surface area contributed by atoms with E-state index in [-0.39, 0.29) is 6.10 Å². The molecule has 0 spiro atoms. The molecule has 1 heterocycles. The van der Waals surface area contributed by atoms with Crippen LogP contribution in [0.2, 0.25) is 0 Å². The number of nitrogens with zero attached hydrogens (tertiary/aromatic N) is 1. The highest BCUT2D eigenvalue weighted by Crippen LogP contribution is 2.64. The Kier molecular flexibility index (Phi) is 8.34. The van der Waals surface area contributed by atoms with Gasteiger partial charge >= 0.3 is 0 Å². The molecule has 1 saturated heterocycles. The van der Waals surface area contributed by atoms with E-state index in [0.717, 1.165) is 32.7 Å². The van der Waals surface area contributed by atoms with Gasteiger partial charge in [-0.25, -0.2) is 4.31 Å². The summed E-state index contributed by atoms with van der Waals surface area (Å²) in [5.41, 5.74) is -2.34. The van der Waals surface area contributed by atoms with Gasteiger partial charge < -0.3 is 13.8 Å². The molecule has 0 aromatic rings. The van der Waals surface area contributed by atoms with Crippen molar-refractivity contribution in [3.8, 4) is 0 Å². The molecule has 0 aromatic carbocycles. The summed E-state index contributed by atoms with van der Waals surface area (Å²) in [6.07, 6.45) is 3.90. The fourth-order valence-corrected chi connectivity index (χ4v) is 8.77. The molecule has 0 N–H and O–H groups in total. The van der Waals surface area contributed by atoms with E-state index in [1.807, 2.05) is 6.92 Å². The summed E-state index contributed by atoms with van der Waals surface area (Å²) in [5.74, 6) is 1.94. The fourth-order valence-electron chi connectivity index (χ4n) is 3.40. The summed E-state index contributed by atoms with van der Waals surface area (Å²) < 4.78 is 20.2. The van der Waals surface area contributed by atoms with Crippen LogP contribution in [-0.4, -0.2) is 43.3 Å². The zero-order chi connectivity index (χ0) is 16.9. The van der Waals surface area contributed by atoms with E-state index >= 15 is 0 Å². The second kappa shape index (κ2) is 9.51. The normalized spacial score (nSPS) is 32.8. The minimum atomic E-state index is -2.34. The van der Waals surface area contributed by atoms with Crippen molar-refractivity contribution in [2.75, 3.05) is 32.9 Å². The molecule has 2 fully saturated rings. The maximum Gasteiger partial charge on any atom is 0.262 e. The highest BCUT2D eigenvalue weighted by atomic mass is 32.9. The van der Waals surface area contributed by atoms with Crippen molar-refractivity contribution in [3.63, 3.8) is 0 Å². The van der Waals surface area contributed by atoms with Crippen molar-refractivity contribution in [3.05, 3.63) is 0 Å². The largest absolute Gasteiger partial charge is 0.379 e. The lowest BCUT2D eigenvalue weighted by Gasteiger charge is -2.40. The highest BCUT2D eigenvalue weighted by molar-refractivity contribution is 8.67. The molecule has 1 aliphatic carbocycles. The Morgan fingerprint density at radius 3 is 2.61 bits per heavy atom. The average Bonchev–Trinajstić information content (AvgIpc) is 2.47. The van der Waals surface area contributed by atoms with E-state index in [9.17, 15) is 0 Å². The molecule has 7 heteroatoms. The van der Waals surface area contributed by atoms with Crippen LogP contribution >= 0.6 is 17.3 Å². The van der Waals surface area contributed by atoms with Crippen molar-refractivity contribution in [1.82, 2.24) is 4.31 Å². The number of hydrogen-bond donors (Lipinski definition) is 0. The topological polar surface area (TPSA) is 30.9 Å². The van der Waals surface area contributed by atoms with Gasteiger partial charge in [-0.15, -0.1) is 0 Å². The lowest BCUT2D eigenvalue weighted by atomic mass is 9.75. The summed E-state index contributed by atoms with van der Waals surface area (Å²) in [4.78, 5) is 0. The van der Waals surface area contributed by atoms with Gasteiger partial charge in [0.2, 0.25) is 0 Å². The molecule has 1 saturated carbocycles. The van der Waals surface area contributed by atoms with Crippen LogP contribution in [-0.2, 0) is 25.6 Å². The predicted molar refractivity (Wildman–Crippen MR) is 102 cm³/mol. The third-order valence-corrected chi connectivity index (χ3v) is 9.64. The van der Waals surface area contributed by atoms with Crippen molar-refractivity contribution in [2.24, 2.45) is 17.8 Å². The Hall–Kier alpha value is 0.840. The fraction of sp³-hybridized carbons (Fsp3) is 1.00. The first kappa shape index (κ1) is 20.2. The highest BCUT2D eigenvalue weighted by Gasteiger charge is 2.37. The molecular formula is C16H32NO3PS2. The van der Waals surface area contributed by atoms with Gasteiger partial charge in [0.15, 0.2) is 0 Å². The van der Waals surface area contributed by atoms with E-state index < -0.39 is 5.69 Å². The van der Waals surface area contributed by atoms with Crippen molar-refractivity contribution in [2.45, 2.75) is 53.1 Å². The summed E-state index contributed by atoms with van der Waals surface area (Å²) in [7, 11) is 0. The minimum absolute atomic E-state index is 0.240. The molecule has 4 atom stereocenters. The van der Waals surface area contributed by atoms with Gasteiger partial charge in [0.1, 0.15) is 0 Å². The van der Waals surface area contributed by atoms with Crippen LogP contribution in [0.5, 0.6) is 0 Å². The molecular weight excluding hydrogens is 349 g/mol. The van der Waals surface area contributed by atoms with Crippen LogP contribution in [0.4, 0.5) is 0 Å². The maximum absolute atomic E-state index is 6.55. The summed E-state index contributed by atoms with van der Waals surface area (Å²) in [6, 6.07) is 0. The Labute approximate surface area is 151 Å². The van der Waals surface area contributed by atoms with Gasteiger partial charge in [-0.2, -0.15) is 0 Å². The SMILES string of the molecule is CCOP(=S)(O[C@@H]1C[C@H](C)CC[C@H]1C(C)C)SN1CCOCC1. The number of ether oxygens (including phenoxy) is 1. The Bertz CT molecular complexity index is 405. The van der Waals surface area contributed by atoms with Gasteiger partial charge in [-0.05, 0) is 49.3 Å². The van der Waals surface area contributed by atoms with Crippen LogP contribution in [0.3, 0.4) is 0 Å². The van der Waals surface area contributed by atoms with E-state index in [1.165, 1.54) is 12.8 Å². The third-order valence-electron chi connectivity index (χ3n) is 4.70. The van der Waals surface area contributed by atoms with Crippen LogP contribution in [0, 0.1) is 17.8 Å². The second-order valence-electron chi connectivity index (χ2n) is 6.96. The van der Waals surface area contributed by atoms with Gasteiger partial charge in [0.05, 0.1) is 25.9 Å². The predicted octanol–water partition coefficient (Wildman–Crippen LogP) is 4.71. The lowest BCUT2D eigenvalue weighted by Crippen LogP contribution is -2.34. The average molecular weight is 382 g/mol. The molecule has 0 aromatic heterocycles. The molecule has 1 aliphatic heterocycles. The maximum atomic E-state index is 6.55. The third kappa shape index (κ3) is 6.25. The van der Waals surface area contributed by atoms with Crippen LogP contribution in [0.25, 0.3) is 0 Å². The molecule has 136 valence electrons. The van der Waals surface area contributed by atoms with Crippen LogP contribution in [0.1, 0.15) is 47.0 Å². The molecule has 0 radical (unpaired) electrons. The molecule has 1 unspecified atom stereocenters. The Balaban J connectivity index is 2.04. The van der Waals surface area contributed by atoms with Gasteiger partial charge in [-0.3, -0.25) is 0 Å². The van der Waals surface area contributed by atoms with Crippen LogP contribution in [0.15, 0.2) is 0 Å². The first-order valence-corrected chi connectivity index (χ1v) is 12.9. The van der Waals surface area contributed by atoms with Gasteiger partial charge in [-0.1, -0.05) is 27.2 Å². The van der Waals surface area contributed by atoms with Gasteiger partial charge in [0.25, 0.3) is 5.69 Å². The summed E-state index contributed by atoms with van der Waals surface area (Å²) >= 11 is 7.52. The van der Waals surface area contributed by atoms with Gasteiger partial charge in [0, 0.05) is 24.7 Å². The molecule has 0 bridgehead atoms. The number of hydrogen-bond acceptors (Lipinski definition) is 6. The quantitative estimate of drug-likeness (QED) is 0.469. The van der Waals surface area contributed by atoms with Crippen LogP contribution < -0.4 is 0 Å². The van der Waals surface area contributed by atoms with Crippen molar-refractivity contribution in [1.29, 1.82) is 0 Å². The smallest absolute Gasteiger partial charge is 0.262 e. The van der Waals surface area contributed by atoms with Crippen molar-refractivity contribution >= 4 is 29.1 Å². The second-order valence-corrected chi connectivity index (χ2v) is 13.1. The van der Waals surface area contributed by atoms with E-state index in [1.54, 1.807) is 11.6 Å². The first-order chi connectivity index (χ1) is 10.9. The minimum Gasteiger partial charge on any atom is -0.379 e. The van der Waals surface area contributed by atoms with Crippen molar-refractivity contribution < 1.29 is 13.8 Å². The monoisotopic (exact) mass is 381 g/mol. The molecule has 2 aliphatic rings.